The summed E-state index contributed by atoms with van der Waals surface area (Å²) < 4.78 is 42.2. The largest absolute Gasteiger partial charge is 0.411 e. The standard InChI is InChI=1S/C13H13F3N4O2/c1-9(22-8-13(14,15)16)12(21)19-10-4-2-5-17-11(10)20-7-3-6-18-20/h2-7,9H,8H2,1H3,(H,19,21). The number of carbonyl (C=O) groups is 1. The quantitative estimate of drug-likeness (QED) is 0.918. The number of nitrogens with zero attached hydrogens (tertiary/aromatic N) is 3. The molecule has 9 heteroatoms. The van der Waals surface area contributed by atoms with Crippen LogP contribution in [0.4, 0.5) is 18.9 Å². The lowest BCUT2D eigenvalue weighted by molar-refractivity contribution is -0.184. The summed E-state index contributed by atoms with van der Waals surface area (Å²) in [5, 5.41) is 6.47. The average Bonchev–Trinajstić information content (AvgIpc) is 2.98. The number of alkyl halides is 3. The van der Waals surface area contributed by atoms with E-state index in [2.05, 4.69) is 20.1 Å². The van der Waals surface area contributed by atoms with Crippen molar-refractivity contribution in [3.63, 3.8) is 0 Å². The van der Waals surface area contributed by atoms with E-state index in [1.807, 2.05) is 0 Å². The molecule has 0 saturated carbocycles. The van der Waals surface area contributed by atoms with Crippen LogP contribution >= 0.6 is 0 Å². The van der Waals surface area contributed by atoms with Crippen LogP contribution in [0, 0.1) is 0 Å². The molecule has 6 nitrogen and oxygen atoms in total. The van der Waals surface area contributed by atoms with Gasteiger partial charge >= 0.3 is 6.18 Å². The van der Waals surface area contributed by atoms with Crippen molar-refractivity contribution in [1.29, 1.82) is 0 Å². The summed E-state index contributed by atoms with van der Waals surface area (Å²) in [5.74, 6) is -0.352. The first kappa shape index (κ1) is 16.0. The number of pyridine rings is 1. The van der Waals surface area contributed by atoms with Crippen LogP contribution in [0.25, 0.3) is 5.82 Å². The van der Waals surface area contributed by atoms with Crippen LogP contribution in [0.1, 0.15) is 6.92 Å². The molecule has 2 aromatic rings. The van der Waals surface area contributed by atoms with Crippen molar-refractivity contribution in [2.75, 3.05) is 11.9 Å². The van der Waals surface area contributed by atoms with Crippen molar-refractivity contribution in [3.8, 4) is 5.82 Å². The molecule has 0 saturated heterocycles. The molecule has 2 heterocycles. The number of aromatic nitrogens is 3. The monoisotopic (exact) mass is 314 g/mol. The SMILES string of the molecule is CC(OCC(F)(F)F)C(=O)Nc1cccnc1-n1cccn1. The Labute approximate surface area is 123 Å². The molecule has 0 radical (unpaired) electrons. The molecular weight excluding hydrogens is 301 g/mol. The Morgan fingerprint density at radius 3 is 2.82 bits per heavy atom. The van der Waals surface area contributed by atoms with Crippen LogP contribution in [0.3, 0.4) is 0 Å². The summed E-state index contributed by atoms with van der Waals surface area (Å²) in [4.78, 5) is 16.0. The highest BCUT2D eigenvalue weighted by Gasteiger charge is 2.30. The van der Waals surface area contributed by atoms with Gasteiger partial charge in [-0.1, -0.05) is 0 Å². The predicted octanol–water partition coefficient (Wildman–Crippen LogP) is 2.17. The van der Waals surface area contributed by atoms with Crippen molar-refractivity contribution >= 4 is 11.6 Å². The lowest BCUT2D eigenvalue weighted by Crippen LogP contribution is -2.31. The van der Waals surface area contributed by atoms with Crippen molar-refractivity contribution in [2.24, 2.45) is 0 Å². The molecule has 0 aliphatic carbocycles. The summed E-state index contributed by atoms with van der Waals surface area (Å²) in [6.45, 7) is -0.244. The van der Waals surface area contributed by atoms with Gasteiger partial charge in [0.15, 0.2) is 5.82 Å². The summed E-state index contributed by atoms with van der Waals surface area (Å²) in [5.41, 5.74) is 0.318. The number of halogens is 3. The van der Waals surface area contributed by atoms with Crippen molar-refractivity contribution in [1.82, 2.24) is 14.8 Å². The van der Waals surface area contributed by atoms with Crippen LogP contribution < -0.4 is 5.32 Å². The molecule has 0 fully saturated rings. The number of ether oxygens (including phenoxy) is 1. The zero-order valence-corrected chi connectivity index (χ0v) is 11.5. The molecule has 2 rings (SSSR count). The second-order valence-corrected chi connectivity index (χ2v) is 4.38. The number of rotatable bonds is 5. The van der Waals surface area contributed by atoms with Gasteiger partial charge in [0.05, 0.1) is 5.69 Å². The Bertz CT molecular complexity index is 628. The summed E-state index contributed by atoms with van der Waals surface area (Å²) in [6.07, 6.45) is -1.07. The van der Waals surface area contributed by atoms with Gasteiger partial charge in [0.25, 0.3) is 5.91 Å². The Morgan fingerprint density at radius 1 is 1.41 bits per heavy atom. The van der Waals surface area contributed by atoms with Gasteiger partial charge in [-0.25, -0.2) is 9.67 Å². The fraction of sp³-hybridized carbons (Fsp3) is 0.308. The number of hydrogen-bond donors (Lipinski definition) is 1. The van der Waals surface area contributed by atoms with Crippen molar-refractivity contribution < 1.29 is 22.7 Å². The number of hydrogen-bond acceptors (Lipinski definition) is 4. The first-order chi connectivity index (χ1) is 10.4. The van der Waals surface area contributed by atoms with E-state index < -0.39 is 24.8 Å². The molecule has 1 atom stereocenters. The van der Waals surface area contributed by atoms with Gasteiger partial charge in [-0.2, -0.15) is 18.3 Å². The first-order valence-electron chi connectivity index (χ1n) is 6.31. The van der Waals surface area contributed by atoms with Crippen LogP contribution in [0.2, 0.25) is 0 Å². The van der Waals surface area contributed by atoms with E-state index in [4.69, 9.17) is 0 Å². The second-order valence-electron chi connectivity index (χ2n) is 4.38. The number of carbonyl (C=O) groups excluding carboxylic acids is 1. The van der Waals surface area contributed by atoms with Crippen molar-refractivity contribution in [2.45, 2.75) is 19.2 Å². The summed E-state index contributed by atoms with van der Waals surface area (Å²) >= 11 is 0. The lowest BCUT2D eigenvalue weighted by atomic mass is 10.3. The van der Waals surface area contributed by atoms with Gasteiger partial charge in [-0.05, 0) is 25.1 Å². The second kappa shape index (κ2) is 6.56. The Morgan fingerprint density at radius 2 is 2.18 bits per heavy atom. The molecule has 2 aromatic heterocycles. The van der Waals surface area contributed by atoms with E-state index in [1.54, 1.807) is 24.4 Å². The Kier molecular flexibility index (Phi) is 4.76. The zero-order chi connectivity index (χ0) is 16.2. The fourth-order valence-corrected chi connectivity index (χ4v) is 1.60. The molecule has 1 unspecified atom stereocenters. The molecule has 1 amide bonds. The molecule has 22 heavy (non-hydrogen) atoms. The van der Waals surface area contributed by atoms with E-state index in [0.29, 0.717) is 11.5 Å². The van der Waals surface area contributed by atoms with Gasteiger partial charge in [0.2, 0.25) is 0 Å². The minimum absolute atomic E-state index is 0.318. The van der Waals surface area contributed by atoms with Gasteiger partial charge in [-0.15, -0.1) is 0 Å². The number of amides is 1. The number of nitrogens with one attached hydrogen (secondary N) is 1. The van der Waals surface area contributed by atoms with Crippen LogP contribution in [-0.4, -0.2) is 39.6 Å². The van der Waals surface area contributed by atoms with Gasteiger partial charge in [0, 0.05) is 18.6 Å². The smallest absolute Gasteiger partial charge is 0.359 e. The van der Waals surface area contributed by atoms with Gasteiger partial charge < -0.3 is 10.1 Å². The van der Waals surface area contributed by atoms with E-state index in [0.717, 1.165) is 0 Å². The molecule has 0 bridgehead atoms. The molecular formula is C13H13F3N4O2. The molecule has 118 valence electrons. The summed E-state index contributed by atoms with van der Waals surface area (Å²) in [6, 6.07) is 4.83. The highest BCUT2D eigenvalue weighted by molar-refractivity contribution is 5.95. The molecule has 0 aliphatic rings. The normalized spacial score (nSPS) is 12.9. The zero-order valence-electron chi connectivity index (χ0n) is 11.5. The predicted molar refractivity (Wildman–Crippen MR) is 71.5 cm³/mol. The van der Waals surface area contributed by atoms with Crippen LogP contribution in [-0.2, 0) is 9.53 Å². The van der Waals surface area contributed by atoms with E-state index in [-0.39, 0.29) is 0 Å². The topological polar surface area (TPSA) is 69.0 Å². The molecule has 0 spiro atoms. The van der Waals surface area contributed by atoms with E-state index in [9.17, 15) is 18.0 Å². The van der Waals surface area contributed by atoms with Gasteiger partial charge in [0.1, 0.15) is 12.7 Å². The summed E-state index contributed by atoms with van der Waals surface area (Å²) in [7, 11) is 0. The maximum atomic E-state index is 12.1. The van der Waals surface area contributed by atoms with E-state index in [1.165, 1.54) is 24.0 Å². The van der Waals surface area contributed by atoms with Crippen molar-refractivity contribution in [3.05, 3.63) is 36.8 Å². The van der Waals surface area contributed by atoms with Crippen LogP contribution in [0.15, 0.2) is 36.8 Å². The Hall–Kier alpha value is -2.42. The van der Waals surface area contributed by atoms with E-state index >= 15 is 0 Å². The van der Waals surface area contributed by atoms with Gasteiger partial charge in [-0.3, -0.25) is 4.79 Å². The first-order valence-corrected chi connectivity index (χ1v) is 6.31. The minimum atomic E-state index is -4.48. The number of anilines is 1. The third kappa shape index (κ3) is 4.29. The third-order valence-corrected chi connectivity index (χ3v) is 2.63. The minimum Gasteiger partial charge on any atom is -0.359 e. The lowest BCUT2D eigenvalue weighted by Gasteiger charge is -2.16. The fourth-order valence-electron chi connectivity index (χ4n) is 1.60. The van der Waals surface area contributed by atoms with Crippen LogP contribution in [0.5, 0.6) is 0 Å². The molecule has 1 N–H and O–H groups in total. The third-order valence-electron chi connectivity index (χ3n) is 2.63. The average molecular weight is 314 g/mol. The maximum Gasteiger partial charge on any atom is 0.411 e. The maximum absolute atomic E-state index is 12.1. The highest BCUT2D eigenvalue weighted by Crippen LogP contribution is 2.18. The molecule has 0 aromatic carbocycles. The Balaban J connectivity index is 2.06. The highest BCUT2D eigenvalue weighted by atomic mass is 19.4. The molecule has 0 aliphatic heterocycles.